The molecule has 1 heteroatoms. The third-order valence-corrected chi connectivity index (χ3v) is 3.00. The van der Waals surface area contributed by atoms with Gasteiger partial charge in [-0.05, 0) is 16.7 Å². The molecular weight excluding hydrogens is 182 g/mol. The van der Waals surface area contributed by atoms with Crippen LogP contribution in [-0.4, -0.2) is 0 Å². The molecule has 0 bridgehead atoms. The Kier molecular flexibility index (Phi) is 2.04. The number of benzene rings is 2. The monoisotopic (exact) mass is 195 g/mol. The predicted octanol–water partition coefficient (Wildman–Crippen LogP) is 2.88. The van der Waals surface area contributed by atoms with Crippen molar-refractivity contribution in [1.29, 1.82) is 0 Å². The number of hydrogen-bond acceptors (Lipinski definition) is 1. The third kappa shape index (κ3) is 1.45. The predicted molar refractivity (Wildman–Crippen MR) is 61.6 cm³/mol. The summed E-state index contributed by atoms with van der Waals surface area (Å²) in [7, 11) is 0. The molecule has 0 saturated heterocycles. The fourth-order valence-corrected chi connectivity index (χ4v) is 2.24. The number of fused-ring (bicyclic) bond motifs is 1. The second-order valence-electron chi connectivity index (χ2n) is 3.92. The minimum Gasteiger partial charge on any atom is -0.302 e. The van der Waals surface area contributed by atoms with Crippen LogP contribution in [-0.2, 0) is 6.54 Å². The highest BCUT2D eigenvalue weighted by Crippen LogP contribution is 2.30. The van der Waals surface area contributed by atoms with E-state index in [1.54, 1.807) is 0 Å². The Labute approximate surface area is 89.8 Å². The normalized spacial score (nSPS) is 18.8. The van der Waals surface area contributed by atoms with Crippen molar-refractivity contribution >= 4 is 0 Å². The molecule has 0 radical (unpaired) electrons. The summed E-state index contributed by atoms with van der Waals surface area (Å²) in [5.74, 6) is 0. The Balaban J connectivity index is 2.05. The maximum Gasteiger partial charge on any atom is 0.0582 e. The highest BCUT2D eigenvalue weighted by Gasteiger charge is 2.21. The molecule has 2 aromatic carbocycles. The lowest BCUT2D eigenvalue weighted by Gasteiger charge is -2.11. The van der Waals surface area contributed by atoms with E-state index in [9.17, 15) is 0 Å². The quantitative estimate of drug-likeness (QED) is 0.737. The fourth-order valence-electron chi connectivity index (χ4n) is 2.24. The summed E-state index contributed by atoms with van der Waals surface area (Å²) in [5, 5.41) is 3.54. The molecule has 0 unspecified atom stereocenters. The zero-order valence-corrected chi connectivity index (χ0v) is 8.48. The summed E-state index contributed by atoms with van der Waals surface area (Å²) in [6.07, 6.45) is 0. The van der Waals surface area contributed by atoms with Crippen molar-refractivity contribution in [3.8, 4) is 0 Å². The average molecular weight is 195 g/mol. The summed E-state index contributed by atoms with van der Waals surface area (Å²) >= 11 is 0. The summed E-state index contributed by atoms with van der Waals surface area (Å²) in [5.41, 5.74) is 4.19. The second-order valence-corrected chi connectivity index (χ2v) is 3.92. The average Bonchev–Trinajstić information content (AvgIpc) is 2.74. The van der Waals surface area contributed by atoms with Gasteiger partial charge in [-0.3, -0.25) is 0 Å². The van der Waals surface area contributed by atoms with Crippen molar-refractivity contribution < 1.29 is 0 Å². The van der Waals surface area contributed by atoms with Gasteiger partial charge in [-0.2, -0.15) is 0 Å². The molecule has 3 rings (SSSR count). The molecule has 2 aromatic rings. The third-order valence-electron chi connectivity index (χ3n) is 3.00. The van der Waals surface area contributed by atoms with Gasteiger partial charge in [0, 0.05) is 6.54 Å². The summed E-state index contributed by atoms with van der Waals surface area (Å²) in [6.45, 7) is 0.982. The Morgan fingerprint density at radius 3 is 2.47 bits per heavy atom. The zero-order valence-electron chi connectivity index (χ0n) is 8.48. The van der Waals surface area contributed by atoms with Crippen LogP contribution in [0, 0.1) is 0 Å². The smallest absolute Gasteiger partial charge is 0.0582 e. The zero-order chi connectivity index (χ0) is 10.1. The van der Waals surface area contributed by atoms with Crippen LogP contribution in [0.4, 0.5) is 0 Å². The molecule has 1 aliphatic heterocycles. The molecule has 1 heterocycles. The summed E-state index contributed by atoms with van der Waals surface area (Å²) in [6, 6.07) is 19.6. The van der Waals surface area contributed by atoms with Gasteiger partial charge in [-0.1, -0.05) is 54.6 Å². The SMILES string of the molecule is c1ccc([C@@H]2NCc3ccccc32)cc1. The number of nitrogens with one attached hydrogen (secondary N) is 1. The van der Waals surface area contributed by atoms with Gasteiger partial charge in [0.25, 0.3) is 0 Å². The molecule has 0 fully saturated rings. The highest BCUT2D eigenvalue weighted by molar-refractivity contribution is 5.40. The molecule has 0 amide bonds. The van der Waals surface area contributed by atoms with Crippen LogP contribution < -0.4 is 5.32 Å². The molecule has 1 nitrogen and oxygen atoms in total. The first-order valence-corrected chi connectivity index (χ1v) is 5.31. The second kappa shape index (κ2) is 3.52. The molecular formula is C14H13N. The Morgan fingerprint density at radius 2 is 1.60 bits per heavy atom. The van der Waals surface area contributed by atoms with Crippen molar-refractivity contribution in [2.24, 2.45) is 0 Å². The molecule has 0 aliphatic carbocycles. The molecule has 74 valence electrons. The first-order chi connectivity index (χ1) is 7.45. The fraction of sp³-hybridized carbons (Fsp3) is 0.143. The van der Waals surface area contributed by atoms with E-state index in [-0.39, 0.29) is 0 Å². The standard InChI is InChI=1S/C14H13N/c1-2-6-11(7-3-1)14-13-9-5-4-8-12(13)10-15-14/h1-9,14-15H,10H2/t14-/m0/s1. The molecule has 1 atom stereocenters. The Bertz CT molecular complexity index is 462. The molecule has 15 heavy (non-hydrogen) atoms. The molecule has 0 saturated carbocycles. The minimum absolute atomic E-state index is 0.377. The van der Waals surface area contributed by atoms with Crippen LogP contribution in [0.25, 0.3) is 0 Å². The van der Waals surface area contributed by atoms with E-state index in [4.69, 9.17) is 0 Å². The van der Waals surface area contributed by atoms with Gasteiger partial charge in [0.1, 0.15) is 0 Å². The maximum absolute atomic E-state index is 3.54. The van der Waals surface area contributed by atoms with Crippen LogP contribution in [0.15, 0.2) is 54.6 Å². The van der Waals surface area contributed by atoms with Crippen molar-refractivity contribution in [1.82, 2.24) is 5.32 Å². The van der Waals surface area contributed by atoms with Crippen LogP contribution >= 0.6 is 0 Å². The van der Waals surface area contributed by atoms with E-state index in [1.165, 1.54) is 16.7 Å². The molecule has 1 N–H and O–H groups in total. The lowest BCUT2D eigenvalue weighted by atomic mass is 9.99. The van der Waals surface area contributed by atoms with Crippen LogP contribution in [0.5, 0.6) is 0 Å². The first-order valence-electron chi connectivity index (χ1n) is 5.31. The Hall–Kier alpha value is -1.60. The van der Waals surface area contributed by atoms with E-state index >= 15 is 0 Å². The summed E-state index contributed by atoms with van der Waals surface area (Å²) in [4.78, 5) is 0. The summed E-state index contributed by atoms with van der Waals surface area (Å²) < 4.78 is 0. The van der Waals surface area contributed by atoms with Crippen LogP contribution in [0.1, 0.15) is 22.7 Å². The van der Waals surface area contributed by atoms with Crippen molar-refractivity contribution in [3.63, 3.8) is 0 Å². The highest BCUT2D eigenvalue weighted by atomic mass is 14.9. The van der Waals surface area contributed by atoms with Gasteiger partial charge in [0.2, 0.25) is 0 Å². The van der Waals surface area contributed by atoms with E-state index in [1.807, 2.05) is 0 Å². The topological polar surface area (TPSA) is 12.0 Å². The van der Waals surface area contributed by atoms with Gasteiger partial charge < -0.3 is 5.32 Å². The van der Waals surface area contributed by atoms with Crippen LogP contribution in [0.3, 0.4) is 0 Å². The lowest BCUT2D eigenvalue weighted by molar-refractivity contribution is 0.667. The molecule has 0 spiro atoms. The van der Waals surface area contributed by atoms with Crippen molar-refractivity contribution in [2.75, 3.05) is 0 Å². The van der Waals surface area contributed by atoms with Gasteiger partial charge in [0.15, 0.2) is 0 Å². The van der Waals surface area contributed by atoms with Gasteiger partial charge in [-0.25, -0.2) is 0 Å². The van der Waals surface area contributed by atoms with Gasteiger partial charge in [0.05, 0.1) is 6.04 Å². The van der Waals surface area contributed by atoms with Crippen molar-refractivity contribution in [2.45, 2.75) is 12.6 Å². The van der Waals surface area contributed by atoms with Crippen molar-refractivity contribution in [3.05, 3.63) is 71.3 Å². The van der Waals surface area contributed by atoms with Gasteiger partial charge >= 0.3 is 0 Å². The molecule has 0 aromatic heterocycles. The van der Waals surface area contributed by atoms with E-state index in [0.717, 1.165) is 6.54 Å². The largest absolute Gasteiger partial charge is 0.302 e. The Morgan fingerprint density at radius 1 is 0.867 bits per heavy atom. The first kappa shape index (κ1) is 8.69. The number of hydrogen-bond donors (Lipinski definition) is 1. The van der Waals surface area contributed by atoms with Crippen LogP contribution in [0.2, 0.25) is 0 Å². The maximum atomic E-state index is 3.54. The minimum atomic E-state index is 0.377. The number of rotatable bonds is 1. The van der Waals surface area contributed by atoms with Gasteiger partial charge in [-0.15, -0.1) is 0 Å². The lowest BCUT2D eigenvalue weighted by Crippen LogP contribution is -2.12. The van der Waals surface area contributed by atoms with E-state index in [0.29, 0.717) is 6.04 Å². The van der Waals surface area contributed by atoms with E-state index in [2.05, 4.69) is 59.9 Å². The van der Waals surface area contributed by atoms with E-state index < -0.39 is 0 Å². The molecule has 1 aliphatic rings.